The molecule has 1 N–H and O–H groups in total. The molecule has 1 aromatic rings. The maximum Gasteiger partial charge on any atom is 0.408 e. The maximum absolute atomic E-state index is 11.3. The van der Waals surface area contributed by atoms with Gasteiger partial charge >= 0.3 is 6.09 Å². The molecule has 0 radical (unpaired) electrons. The van der Waals surface area contributed by atoms with Gasteiger partial charge in [0.2, 0.25) is 0 Å². The summed E-state index contributed by atoms with van der Waals surface area (Å²) in [7, 11) is 0. The molecule has 84 valence electrons. The molecule has 16 heavy (non-hydrogen) atoms. The van der Waals surface area contributed by atoms with Gasteiger partial charge in [0.25, 0.3) is 0 Å². The van der Waals surface area contributed by atoms with Crippen molar-refractivity contribution in [3.8, 4) is 0 Å². The zero-order valence-corrected chi connectivity index (χ0v) is 9.32. The van der Waals surface area contributed by atoms with Gasteiger partial charge in [0, 0.05) is 0 Å². The molecule has 1 aliphatic heterocycles. The molecule has 1 amide bonds. The number of nitrogens with one attached hydrogen (secondary N) is 1. The van der Waals surface area contributed by atoms with Gasteiger partial charge in [0.05, 0.1) is 6.04 Å². The first-order chi connectivity index (χ1) is 7.74. The molecule has 1 heterocycles. The molecule has 2 unspecified atom stereocenters. The first-order valence-electron chi connectivity index (χ1n) is 5.80. The molecule has 1 aliphatic carbocycles. The van der Waals surface area contributed by atoms with Gasteiger partial charge in [-0.3, -0.25) is 0 Å². The molecular weight excluding hydrogens is 202 g/mol. The van der Waals surface area contributed by atoms with Crippen LogP contribution in [0.5, 0.6) is 0 Å². The second-order valence-corrected chi connectivity index (χ2v) is 4.67. The van der Waals surface area contributed by atoms with Crippen LogP contribution in [0.4, 0.5) is 4.79 Å². The van der Waals surface area contributed by atoms with E-state index in [-0.39, 0.29) is 18.2 Å². The van der Waals surface area contributed by atoms with E-state index in [4.69, 9.17) is 4.74 Å². The lowest BCUT2D eigenvalue weighted by molar-refractivity contribution is 0.132. The van der Waals surface area contributed by atoms with Crippen molar-refractivity contribution in [1.29, 1.82) is 0 Å². The largest absolute Gasteiger partial charge is 0.439 e. The van der Waals surface area contributed by atoms with Gasteiger partial charge in [0.1, 0.15) is 6.10 Å². The minimum atomic E-state index is -0.275. The Balaban J connectivity index is 2.05. The number of alkyl carbamates (subject to hydrolysis) is 1. The fourth-order valence-corrected chi connectivity index (χ4v) is 2.70. The van der Waals surface area contributed by atoms with Crippen LogP contribution in [0.3, 0.4) is 0 Å². The van der Waals surface area contributed by atoms with Crippen molar-refractivity contribution in [3.63, 3.8) is 0 Å². The molecule has 0 spiro atoms. The fourth-order valence-electron chi connectivity index (χ4n) is 2.70. The number of hydrogen-bond donors (Lipinski definition) is 1. The summed E-state index contributed by atoms with van der Waals surface area (Å²) in [4.78, 5) is 11.3. The highest BCUT2D eigenvalue weighted by atomic mass is 16.6. The summed E-state index contributed by atoms with van der Waals surface area (Å²) in [5.41, 5.74) is 3.80. The molecule has 1 saturated heterocycles. The number of ether oxygens (including phenoxy) is 1. The minimum Gasteiger partial charge on any atom is -0.439 e. The number of aryl methyl sites for hydroxylation is 2. The Hall–Kier alpha value is -1.51. The third kappa shape index (κ3) is 1.47. The number of carbonyl (C=O) groups is 1. The van der Waals surface area contributed by atoms with Crippen LogP contribution >= 0.6 is 0 Å². The highest BCUT2D eigenvalue weighted by molar-refractivity contribution is 5.70. The van der Waals surface area contributed by atoms with E-state index in [0.29, 0.717) is 0 Å². The van der Waals surface area contributed by atoms with Gasteiger partial charge in [-0.2, -0.15) is 0 Å². The maximum atomic E-state index is 11.3. The van der Waals surface area contributed by atoms with E-state index in [1.54, 1.807) is 0 Å². The normalized spacial score (nSPS) is 27.4. The number of benzene rings is 1. The number of amides is 1. The molecule has 0 aromatic heterocycles. The van der Waals surface area contributed by atoms with Crippen LogP contribution in [-0.4, -0.2) is 12.1 Å². The SMILES string of the molecule is Cc1ccc2c(c1)CCCC1NC(=O)OC21. The van der Waals surface area contributed by atoms with E-state index in [1.165, 1.54) is 16.7 Å². The van der Waals surface area contributed by atoms with Crippen molar-refractivity contribution >= 4 is 6.09 Å². The molecule has 1 fully saturated rings. The average molecular weight is 217 g/mol. The fraction of sp³-hybridized carbons (Fsp3) is 0.462. The van der Waals surface area contributed by atoms with E-state index in [1.807, 2.05) is 0 Å². The van der Waals surface area contributed by atoms with E-state index in [2.05, 4.69) is 30.4 Å². The molecule has 3 heteroatoms. The number of fused-ring (bicyclic) bond motifs is 3. The quantitative estimate of drug-likeness (QED) is 0.725. The van der Waals surface area contributed by atoms with Gasteiger partial charge in [-0.05, 0) is 37.3 Å². The van der Waals surface area contributed by atoms with Gasteiger partial charge < -0.3 is 10.1 Å². The molecule has 0 saturated carbocycles. The number of carbonyl (C=O) groups excluding carboxylic acids is 1. The lowest BCUT2D eigenvalue weighted by Crippen LogP contribution is -2.26. The molecule has 1 aromatic carbocycles. The minimum absolute atomic E-state index is 0.0781. The summed E-state index contributed by atoms with van der Waals surface area (Å²) < 4.78 is 5.36. The zero-order valence-electron chi connectivity index (χ0n) is 9.32. The smallest absolute Gasteiger partial charge is 0.408 e. The van der Waals surface area contributed by atoms with E-state index in [0.717, 1.165) is 19.3 Å². The van der Waals surface area contributed by atoms with Gasteiger partial charge in [-0.1, -0.05) is 23.8 Å². The van der Waals surface area contributed by atoms with Crippen molar-refractivity contribution in [1.82, 2.24) is 5.32 Å². The second kappa shape index (κ2) is 3.51. The average Bonchev–Trinajstić information content (AvgIpc) is 2.52. The van der Waals surface area contributed by atoms with Crippen molar-refractivity contribution < 1.29 is 9.53 Å². The summed E-state index contributed by atoms with van der Waals surface area (Å²) in [6, 6.07) is 6.57. The van der Waals surface area contributed by atoms with Crippen LogP contribution in [0.25, 0.3) is 0 Å². The predicted octanol–water partition coefficient (Wildman–Crippen LogP) is 2.48. The molecule has 3 nitrogen and oxygen atoms in total. The standard InChI is InChI=1S/C13H15NO2/c1-8-5-6-10-9(7-8)3-2-4-11-12(10)16-13(15)14-11/h5-7,11-12H,2-4H2,1H3,(H,14,15). The van der Waals surface area contributed by atoms with Crippen LogP contribution < -0.4 is 5.32 Å². The lowest BCUT2D eigenvalue weighted by Gasteiger charge is -2.15. The van der Waals surface area contributed by atoms with Crippen LogP contribution in [0.15, 0.2) is 18.2 Å². The summed E-state index contributed by atoms with van der Waals surface area (Å²) in [5, 5.41) is 2.89. The third-order valence-corrected chi connectivity index (χ3v) is 3.47. The summed E-state index contributed by atoms with van der Waals surface area (Å²) in [5.74, 6) is 0. The highest BCUT2D eigenvalue weighted by Crippen LogP contribution is 2.35. The van der Waals surface area contributed by atoms with E-state index >= 15 is 0 Å². The zero-order chi connectivity index (χ0) is 11.1. The Kier molecular flexibility index (Phi) is 2.13. The molecular formula is C13H15NO2. The van der Waals surface area contributed by atoms with Gasteiger partial charge in [-0.25, -0.2) is 4.79 Å². The van der Waals surface area contributed by atoms with Crippen LogP contribution in [0, 0.1) is 6.92 Å². The van der Waals surface area contributed by atoms with E-state index < -0.39 is 0 Å². The van der Waals surface area contributed by atoms with Crippen LogP contribution in [0.2, 0.25) is 0 Å². The van der Waals surface area contributed by atoms with Crippen molar-refractivity contribution in [2.45, 2.75) is 38.3 Å². The second-order valence-electron chi connectivity index (χ2n) is 4.67. The van der Waals surface area contributed by atoms with E-state index in [9.17, 15) is 4.79 Å². The predicted molar refractivity (Wildman–Crippen MR) is 60.3 cm³/mol. The Morgan fingerprint density at radius 3 is 3.19 bits per heavy atom. The Morgan fingerprint density at radius 2 is 2.31 bits per heavy atom. The molecule has 2 aliphatic rings. The van der Waals surface area contributed by atoms with Crippen LogP contribution in [0.1, 0.15) is 35.6 Å². The molecule has 3 rings (SSSR count). The van der Waals surface area contributed by atoms with Gasteiger partial charge in [0.15, 0.2) is 0 Å². The number of hydrogen-bond acceptors (Lipinski definition) is 2. The monoisotopic (exact) mass is 217 g/mol. The lowest BCUT2D eigenvalue weighted by atomic mass is 9.97. The van der Waals surface area contributed by atoms with Crippen LogP contribution in [-0.2, 0) is 11.2 Å². The van der Waals surface area contributed by atoms with Crippen molar-refractivity contribution in [3.05, 3.63) is 34.9 Å². The summed E-state index contributed by atoms with van der Waals surface area (Å²) >= 11 is 0. The summed E-state index contributed by atoms with van der Waals surface area (Å²) in [6.45, 7) is 2.10. The Morgan fingerprint density at radius 1 is 1.44 bits per heavy atom. The highest BCUT2D eigenvalue weighted by Gasteiger charge is 2.37. The third-order valence-electron chi connectivity index (χ3n) is 3.47. The Labute approximate surface area is 94.8 Å². The molecule has 0 bridgehead atoms. The summed E-state index contributed by atoms with van der Waals surface area (Å²) in [6.07, 6.45) is 2.85. The first kappa shape index (κ1) is 9.70. The Bertz CT molecular complexity index is 442. The molecule has 2 atom stereocenters. The van der Waals surface area contributed by atoms with Crippen molar-refractivity contribution in [2.24, 2.45) is 0 Å². The number of rotatable bonds is 0. The first-order valence-corrected chi connectivity index (χ1v) is 5.80. The topological polar surface area (TPSA) is 38.3 Å². The van der Waals surface area contributed by atoms with Gasteiger partial charge in [-0.15, -0.1) is 0 Å². The van der Waals surface area contributed by atoms with Crippen molar-refractivity contribution in [2.75, 3.05) is 0 Å².